The van der Waals surface area contributed by atoms with Crippen LogP contribution in [-0.4, -0.2) is 46.9 Å². The average molecular weight is 557 g/mol. The van der Waals surface area contributed by atoms with Crippen molar-refractivity contribution in [3.8, 4) is 0 Å². The highest BCUT2D eigenvalue weighted by atomic mass is 32.1. The molecule has 0 radical (unpaired) electrons. The summed E-state index contributed by atoms with van der Waals surface area (Å²) < 4.78 is 11.4. The highest BCUT2D eigenvalue weighted by molar-refractivity contribution is 7.18. The maximum Gasteiger partial charge on any atom is 0.397 e. The number of anilines is 2. The number of nitrogens with zero attached hydrogens (tertiary/aromatic N) is 2. The standard InChI is InChI=1S/C14H16N2O3S.C12H12N2O3S/c1-9(19-8-17)3-6-14(18)16-11-4-5-12-13(7-11)20-10(2)15-12;1-3-17-12(16)11(15)14-8-4-5-9-10(6-8)18-7(2)13-9/h4-5,7-9H,3,6H2,1-2H3,(H,16,18);4-6H,3H2,1-2H3,(H,14,15). The zero-order valence-electron chi connectivity index (χ0n) is 21.4. The minimum atomic E-state index is -0.877. The van der Waals surface area contributed by atoms with E-state index in [-0.39, 0.29) is 18.6 Å². The van der Waals surface area contributed by atoms with Crippen molar-refractivity contribution in [1.82, 2.24) is 9.97 Å². The number of nitrogens with one attached hydrogen (secondary N) is 2. The van der Waals surface area contributed by atoms with Gasteiger partial charge in [-0.3, -0.25) is 14.4 Å². The maximum absolute atomic E-state index is 11.8. The number of hydrogen-bond acceptors (Lipinski definition) is 10. The van der Waals surface area contributed by atoms with Gasteiger partial charge in [0.25, 0.3) is 6.47 Å². The third-order valence-corrected chi connectivity index (χ3v) is 6.93. The number of benzene rings is 2. The van der Waals surface area contributed by atoms with Crippen molar-refractivity contribution in [3.05, 3.63) is 46.4 Å². The van der Waals surface area contributed by atoms with Crippen LogP contribution in [0.3, 0.4) is 0 Å². The van der Waals surface area contributed by atoms with Crippen LogP contribution in [0.4, 0.5) is 11.4 Å². The molecule has 2 aromatic carbocycles. The van der Waals surface area contributed by atoms with Crippen LogP contribution < -0.4 is 10.6 Å². The van der Waals surface area contributed by atoms with E-state index in [0.29, 0.717) is 25.0 Å². The Morgan fingerprint density at radius 3 is 2.03 bits per heavy atom. The number of rotatable bonds is 8. The van der Waals surface area contributed by atoms with Crippen LogP contribution in [0, 0.1) is 13.8 Å². The molecule has 1 atom stereocenters. The van der Waals surface area contributed by atoms with Crippen LogP contribution in [0.25, 0.3) is 20.4 Å². The number of aryl methyl sites for hydroxylation is 2. The zero-order chi connectivity index (χ0) is 27.7. The lowest BCUT2D eigenvalue weighted by Gasteiger charge is -2.09. The summed E-state index contributed by atoms with van der Waals surface area (Å²) in [6.07, 6.45) is 0.575. The van der Waals surface area contributed by atoms with Crippen LogP contribution in [0.2, 0.25) is 0 Å². The van der Waals surface area contributed by atoms with E-state index in [1.165, 1.54) is 11.3 Å². The van der Waals surface area contributed by atoms with E-state index in [4.69, 9.17) is 4.74 Å². The normalized spacial score (nSPS) is 11.3. The van der Waals surface area contributed by atoms with Gasteiger partial charge in [0.05, 0.1) is 43.2 Å². The van der Waals surface area contributed by atoms with E-state index in [0.717, 1.165) is 36.1 Å². The van der Waals surface area contributed by atoms with Gasteiger partial charge in [-0.25, -0.2) is 14.8 Å². The number of amides is 2. The Labute approximate surface area is 227 Å². The van der Waals surface area contributed by atoms with Crippen LogP contribution in [-0.2, 0) is 28.7 Å². The molecule has 0 saturated heterocycles. The van der Waals surface area contributed by atoms with E-state index in [9.17, 15) is 19.2 Å². The molecule has 2 heterocycles. The smallest absolute Gasteiger partial charge is 0.397 e. The number of esters is 1. The van der Waals surface area contributed by atoms with Crippen LogP contribution in [0.15, 0.2) is 36.4 Å². The van der Waals surface area contributed by atoms with Crippen molar-refractivity contribution in [3.63, 3.8) is 0 Å². The molecule has 2 aromatic heterocycles. The van der Waals surface area contributed by atoms with Crippen molar-refractivity contribution in [2.24, 2.45) is 0 Å². The number of fused-ring (bicyclic) bond motifs is 2. The fourth-order valence-corrected chi connectivity index (χ4v) is 5.07. The quantitative estimate of drug-likeness (QED) is 0.176. The number of carbonyl (C=O) groups excluding carboxylic acids is 4. The summed E-state index contributed by atoms with van der Waals surface area (Å²) in [6.45, 7) is 7.87. The van der Waals surface area contributed by atoms with Crippen molar-refractivity contribution in [2.45, 2.75) is 46.6 Å². The molecule has 200 valence electrons. The lowest BCUT2D eigenvalue weighted by atomic mass is 10.2. The lowest BCUT2D eigenvalue weighted by molar-refractivity contribution is -0.152. The molecule has 0 aliphatic heterocycles. The van der Waals surface area contributed by atoms with E-state index in [1.807, 2.05) is 32.0 Å². The summed E-state index contributed by atoms with van der Waals surface area (Å²) in [6, 6.07) is 11.0. The van der Waals surface area contributed by atoms with Gasteiger partial charge in [-0.2, -0.15) is 0 Å². The number of thiazole rings is 2. The van der Waals surface area contributed by atoms with Gasteiger partial charge < -0.3 is 20.1 Å². The van der Waals surface area contributed by atoms with Crippen LogP contribution >= 0.6 is 22.7 Å². The van der Waals surface area contributed by atoms with Gasteiger partial charge in [-0.1, -0.05) is 0 Å². The molecule has 0 aliphatic carbocycles. The number of ether oxygens (including phenoxy) is 2. The van der Waals surface area contributed by atoms with Crippen LogP contribution in [0.5, 0.6) is 0 Å². The first-order valence-corrected chi connectivity index (χ1v) is 13.4. The SMILES string of the molecule is CCOC(=O)C(=O)Nc1ccc2nc(C)sc2c1.Cc1nc2ccc(NC(=O)CCC(C)OC=O)cc2s1. The van der Waals surface area contributed by atoms with Crippen LogP contribution in [0.1, 0.15) is 36.7 Å². The molecule has 2 amide bonds. The van der Waals surface area contributed by atoms with Gasteiger partial charge >= 0.3 is 11.9 Å². The second kappa shape index (κ2) is 13.6. The Kier molecular flexibility index (Phi) is 10.3. The topological polar surface area (TPSA) is 137 Å². The molecule has 0 bridgehead atoms. The summed E-state index contributed by atoms with van der Waals surface area (Å²) >= 11 is 3.13. The molecule has 2 N–H and O–H groups in total. The molecule has 4 rings (SSSR count). The average Bonchev–Trinajstić information content (AvgIpc) is 3.43. The molecule has 4 aromatic rings. The molecule has 38 heavy (non-hydrogen) atoms. The van der Waals surface area contributed by atoms with Crippen molar-refractivity contribution < 1.29 is 28.7 Å². The molecular formula is C26H28N4O6S2. The Balaban J connectivity index is 0.000000212. The van der Waals surface area contributed by atoms with E-state index < -0.39 is 11.9 Å². The Bertz CT molecular complexity index is 1450. The summed E-state index contributed by atoms with van der Waals surface area (Å²) in [7, 11) is 0. The highest BCUT2D eigenvalue weighted by Gasteiger charge is 2.15. The number of aromatic nitrogens is 2. The van der Waals surface area contributed by atoms with Gasteiger partial charge in [-0.15, -0.1) is 22.7 Å². The summed E-state index contributed by atoms with van der Waals surface area (Å²) in [5.41, 5.74) is 3.14. The third-order valence-electron chi connectivity index (χ3n) is 5.06. The van der Waals surface area contributed by atoms with Crippen molar-refractivity contribution in [2.75, 3.05) is 17.2 Å². The number of carbonyl (C=O) groups is 4. The van der Waals surface area contributed by atoms with Crippen molar-refractivity contribution in [1.29, 1.82) is 0 Å². The first kappa shape index (κ1) is 28.7. The second-order valence-corrected chi connectivity index (χ2v) is 10.6. The lowest BCUT2D eigenvalue weighted by Crippen LogP contribution is -2.24. The maximum atomic E-state index is 11.8. The minimum absolute atomic E-state index is 0.0908. The minimum Gasteiger partial charge on any atom is -0.465 e. The molecule has 0 aliphatic rings. The Morgan fingerprint density at radius 2 is 1.50 bits per heavy atom. The van der Waals surface area contributed by atoms with E-state index in [1.54, 1.807) is 43.4 Å². The summed E-state index contributed by atoms with van der Waals surface area (Å²) in [5, 5.41) is 7.29. The monoisotopic (exact) mass is 556 g/mol. The molecule has 0 fully saturated rings. The third kappa shape index (κ3) is 8.32. The second-order valence-electron chi connectivity index (χ2n) is 8.14. The molecule has 0 spiro atoms. The van der Waals surface area contributed by atoms with Gasteiger partial charge in [0, 0.05) is 17.8 Å². The molecule has 10 nitrogen and oxygen atoms in total. The first-order chi connectivity index (χ1) is 18.2. The Morgan fingerprint density at radius 1 is 0.947 bits per heavy atom. The predicted octanol–water partition coefficient (Wildman–Crippen LogP) is 4.99. The predicted molar refractivity (Wildman–Crippen MR) is 148 cm³/mol. The fourth-order valence-electron chi connectivity index (χ4n) is 3.33. The molecule has 0 saturated carbocycles. The van der Waals surface area contributed by atoms with Gasteiger partial charge in [0.1, 0.15) is 0 Å². The largest absolute Gasteiger partial charge is 0.465 e. The number of hydrogen-bond donors (Lipinski definition) is 2. The highest BCUT2D eigenvalue weighted by Crippen LogP contribution is 2.25. The van der Waals surface area contributed by atoms with Gasteiger partial charge in [0.15, 0.2) is 0 Å². The van der Waals surface area contributed by atoms with Gasteiger partial charge in [0.2, 0.25) is 5.91 Å². The molecular weight excluding hydrogens is 528 g/mol. The Hall–Kier alpha value is -3.90. The van der Waals surface area contributed by atoms with Gasteiger partial charge in [-0.05, 0) is 70.5 Å². The molecule has 12 heteroatoms. The summed E-state index contributed by atoms with van der Waals surface area (Å²) in [5.74, 6) is -1.73. The summed E-state index contributed by atoms with van der Waals surface area (Å²) in [4.78, 5) is 53.2. The fraction of sp³-hybridized carbons (Fsp3) is 0.308. The van der Waals surface area contributed by atoms with E-state index in [2.05, 4.69) is 25.3 Å². The molecule has 1 unspecified atom stereocenters. The van der Waals surface area contributed by atoms with Crippen molar-refractivity contribution >= 4 is 78.7 Å². The zero-order valence-corrected chi connectivity index (χ0v) is 23.0. The van der Waals surface area contributed by atoms with E-state index >= 15 is 0 Å². The first-order valence-electron chi connectivity index (χ1n) is 11.8.